The van der Waals surface area contributed by atoms with Gasteiger partial charge < -0.3 is 114 Å². The minimum Gasteiger partial charge on any atom is -0.463 e. The minimum atomic E-state index is -2.01. The number of allylic oxidation sites excluding steroid dienone is 2. The molecule has 0 aromatic rings. The molecule has 0 radical (unpaired) electrons. The van der Waals surface area contributed by atoms with Crippen LogP contribution in [0.2, 0.25) is 0 Å². The monoisotopic (exact) mass is 1110 g/mol. The van der Waals surface area contributed by atoms with E-state index in [2.05, 4.69) is 46.8 Å². The van der Waals surface area contributed by atoms with Crippen molar-refractivity contribution in [2.45, 2.75) is 215 Å². The Kier molecular flexibility index (Phi) is 19.8. The maximum Gasteiger partial charge on any atom is 0.302 e. The fraction of sp³-hybridized carbons (Fsp3) is 0.906. The zero-order chi connectivity index (χ0) is 56.2. The average molecular weight is 1110 g/mol. The lowest BCUT2D eigenvalue weighted by Crippen LogP contribution is -2.68. The SMILES string of the molecule is CC(=O)OC[C@H]1O[C@@H](O[C@H]2CC[C@@]3(C)C(=CC[C@H]4[C@@H]5[C@@H](O)C[C@H]([C@@H](/C=C/[C@@H](C)C(C)C)CO)[C@@]5(C)CC[C@@H]43)[C@H]2O)[C@H](O)[C@@H](O[C@@H]2OC[C@@H](O)[C@@H](O)[C@@H]2O[C@H]2O[C@H](CO)[C@H](O)[C@H](O)[C@H]2O)[C@@H]1O[C@@H]1O[C@H](CO)[C@H](O)[C@H](O)[C@H]1O. The summed E-state index contributed by atoms with van der Waals surface area (Å²) in [5, 5.41) is 154. The second-order valence-electron chi connectivity index (χ2n) is 23.8. The lowest BCUT2D eigenvalue weighted by molar-refractivity contribution is -0.397. The number of carbonyl (C=O) groups is 1. The van der Waals surface area contributed by atoms with Gasteiger partial charge in [-0.2, -0.15) is 0 Å². The van der Waals surface area contributed by atoms with Crippen molar-refractivity contribution in [2.75, 3.05) is 33.0 Å². The zero-order valence-electron chi connectivity index (χ0n) is 44.6. The highest BCUT2D eigenvalue weighted by atomic mass is 16.8. The molecule has 0 bridgehead atoms. The largest absolute Gasteiger partial charge is 0.463 e. The van der Waals surface area contributed by atoms with Crippen molar-refractivity contribution in [1.82, 2.24) is 0 Å². The Morgan fingerprint density at radius 1 is 0.675 bits per heavy atom. The van der Waals surface area contributed by atoms with Gasteiger partial charge in [-0.1, -0.05) is 52.8 Å². The summed E-state index contributed by atoms with van der Waals surface area (Å²) in [6.07, 6.45) is -27.3. The minimum absolute atomic E-state index is 0.0186. The van der Waals surface area contributed by atoms with Gasteiger partial charge in [0, 0.05) is 19.4 Å². The number of aliphatic hydroxyl groups excluding tert-OH is 14. The Morgan fingerprint density at radius 2 is 1.26 bits per heavy atom. The van der Waals surface area contributed by atoms with Crippen LogP contribution in [0.15, 0.2) is 23.8 Å². The number of rotatable bonds is 17. The molecule has 4 aliphatic heterocycles. The summed E-state index contributed by atoms with van der Waals surface area (Å²) in [5.74, 6) is 0.0546. The molecular weight excluding hydrogens is 1020 g/mol. The molecule has 7 fully saturated rings. The summed E-state index contributed by atoms with van der Waals surface area (Å²) in [5.41, 5.74) is -0.0346. The van der Waals surface area contributed by atoms with E-state index in [4.69, 9.17) is 42.6 Å². The van der Waals surface area contributed by atoms with Gasteiger partial charge in [-0.15, -0.1) is 0 Å². The summed E-state index contributed by atoms with van der Waals surface area (Å²) in [7, 11) is 0. The summed E-state index contributed by atoms with van der Waals surface area (Å²) in [6.45, 7) is 9.01. The molecule has 3 saturated carbocycles. The number of hydrogen-bond donors (Lipinski definition) is 14. The van der Waals surface area contributed by atoms with Gasteiger partial charge in [-0.05, 0) is 90.4 Å². The molecule has 442 valence electrons. The van der Waals surface area contributed by atoms with Gasteiger partial charge in [0.05, 0.1) is 32.0 Å². The Balaban J connectivity index is 1.07. The quantitative estimate of drug-likeness (QED) is 0.0505. The predicted molar refractivity (Wildman–Crippen MR) is 262 cm³/mol. The summed E-state index contributed by atoms with van der Waals surface area (Å²) in [6, 6.07) is 0. The third kappa shape index (κ3) is 11.9. The lowest BCUT2D eigenvalue weighted by atomic mass is 9.46. The molecule has 4 saturated heterocycles. The first-order chi connectivity index (χ1) is 36.4. The molecule has 0 unspecified atom stereocenters. The predicted octanol–water partition coefficient (Wildman–Crippen LogP) is -3.17. The van der Waals surface area contributed by atoms with Crippen molar-refractivity contribution in [1.29, 1.82) is 0 Å². The van der Waals surface area contributed by atoms with E-state index < -0.39 is 173 Å². The highest BCUT2D eigenvalue weighted by Crippen LogP contribution is 2.67. The zero-order valence-corrected chi connectivity index (χ0v) is 44.6. The molecule has 4 aliphatic carbocycles. The fourth-order valence-corrected chi connectivity index (χ4v) is 14.2. The van der Waals surface area contributed by atoms with Crippen LogP contribution in [0.5, 0.6) is 0 Å². The van der Waals surface area contributed by atoms with Crippen LogP contribution in [0.4, 0.5) is 0 Å². The number of fused-ring (bicyclic) bond motifs is 5. The highest BCUT2D eigenvalue weighted by molar-refractivity contribution is 5.65. The van der Waals surface area contributed by atoms with Crippen LogP contribution in [0, 0.1) is 52.3 Å². The first-order valence-electron chi connectivity index (χ1n) is 27.4. The van der Waals surface area contributed by atoms with Crippen LogP contribution in [0.3, 0.4) is 0 Å². The van der Waals surface area contributed by atoms with Crippen LogP contribution >= 0.6 is 0 Å². The first-order valence-corrected chi connectivity index (χ1v) is 27.4. The number of aliphatic hydroxyl groups is 14. The second kappa shape index (κ2) is 24.9. The van der Waals surface area contributed by atoms with Crippen LogP contribution in [-0.4, -0.2) is 246 Å². The molecule has 0 aromatic carbocycles. The van der Waals surface area contributed by atoms with Crippen molar-refractivity contribution < 1.29 is 119 Å². The Bertz CT molecular complexity index is 2010. The van der Waals surface area contributed by atoms with E-state index in [9.17, 15) is 76.3 Å². The van der Waals surface area contributed by atoms with E-state index in [1.54, 1.807) is 0 Å². The molecule has 77 heavy (non-hydrogen) atoms. The Labute approximate surface area is 448 Å². The van der Waals surface area contributed by atoms with Crippen LogP contribution in [0.1, 0.15) is 80.1 Å². The van der Waals surface area contributed by atoms with Gasteiger partial charge in [0.2, 0.25) is 0 Å². The fourth-order valence-electron chi connectivity index (χ4n) is 14.2. The van der Waals surface area contributed by atoms with Crippen molar-refractivity contribution >= 4 is 5.97 Å². The molecule has 14 N–H and O–H groups in total. The molecule has 4 heterocycles. The number of carbonyl (C=O) groups excluding carboxylic acids is 1. The number of esters is 1. The van der Waals surface area contributed by atoms with E-state index in [0.29, 0.717) is 31.1 Å². The first kappa shape index (κ1) is 61.1. The number of ether oxygens (including phenoxy) is 9. The topological polar surface area (TPSA) is 383 Å². The van der Waals surface area contributed by atoms with Gasteiger partial charge in [0.1, 0.15) is 104 Å². The van der Waals surface area contributed by atoms with E-state index >= 15 is 0 Å². The third-order valence-electron chi connectivity index (χ3n) is 19.0. The van der Waals surface area contributed by atoms with Crippen LogP contribution in [0.25, 0.3) is 0 Å². The molecule has 0 aromatic heterocycles. The normalized spacial score (nSPS) is 50.1. The van der Waals surface area contributed by atoms with Gasteiger partial charge in [0.25, 0.3) is 0 Å². The second-order valence-corrected chi connectivity index (χ2v) is 23.8. The third-order valence-corrected chi connectivity index (χ3v) is 19.0. The van der Waals surface area contributed by atoms with Crippen molar-refractivity contribution in [3.63, 3.8) is 0 Å². The van der Waals surface area contributed by atoms with Crippen molar-refractivity contribution in [3.05, 3.63) is 23.8 Å². The Morgan fingerprint density at radius 3 is 1.84 bits per heavy atom. The standard InChI is InChI=1S/C53H86O24/c1-21(2)22(3)7-8-24(16-54)28-15-29(58)35-25-9-10-27-36(60)31(12-14-52(27,5)26(25)11-13-53(28,35)6)71-50-44(68)46(45(34(74-50)20-69-23(4)57)75-48-42(66)40(64)38(62)32(17-55)72-48)76-51-47(37(61)30(59)19-70-51)77-49-43(67)41(65)39(63)33(18-56)73-49/h7-8,10,21-22,24-26,28-51,54-56,58-68H,9,11-20H2,1-6H3/b8-7+/t22-,24+,25-,26+,28-,29+,30-,31+,32-,33-,34-,35-,36-,37-,38+,39+,40+,41+,42-,43-,44-,45-,46-,47+,48+,49-,50-,51+,52-,53-/m1/s1. The van der Waals surface area contributed by atoms with Crippen LogP contribution in [-0.2, 0) is 47.4 Å². The van der Waals surface area contributed by atoms with E-state index in [1.807, 2.05) is 6.08 Å². The van der Waals surface area contributed by atoms with E-state index in [-0.39, 0.29) is 48.0 Å². The maximum absolute atomic E-state index is 12.5. The van der Waals surface area contributed by atoms with Crippen molar-refractivity contribution in [2.24, 2.45) is 52.3 Å². The maximum atomic E-state index is 12.5. The molecule has 0 amide bonds. The van der Waals surface area contributed by atoms with Crippen molar-refractivity contribution in [3.8, 4) is 0 Å². The van der Waals surface area contributed by atoms with Gasteiger partial charge in [-0.25, -0.2) is 0 Å². The molecule has 30 atom stereocenters. The van der Waals surface area contributed by atoms with E-state index in [1.165, 1.54) is 0 Å². The van der Waals surface area contributed by atoms with Gasteiger partial charge in [-0.3, -0.25) is 4.79 Å². The summed E-state index contributed by atoms with van der Waals surface area (Å²) >= 11 is 0. The molecule has 24 heteroatoms. The smallest absolute Gasteiger partial charge is 0.302 e. The van der Waals surface area contributed by atoms with E-state index in [0.717, 1.165) is 25.3 Å². The molecule has 0 spiro atoms. The summed E-state index contributed by atoms with van der Waals surface area (Å²) in [4.78, 5) is 12.4. The molecule has 24 nitrogen and oxygen atoms in total. The summed E-state index contributed by atoms with van der Waals surface area (Å²) < 4.78 is 53.7. The van der Waals surface area contributed by atoms with Gasteiger partial charge >= 0.3 is 5.97 Å². The average Bonchev–Trinajstić information content (AvgIpc) is 3.85. The molecule has 8 aliphatic rings. The van der Waals surface area contributed by atoms with Gasteiger partial charge in [0.15, 0.2) is 25.2 Å². The lowest BCUT2D eigenvalue weighted by Gasteiger charge is -2.59. The number of hydrogen-bond acceptors (Lipinski definition) is 24. The van der Waals surface area contributed by atoms with Crippen LogP contribution < -0.4 is 0 Å². The molecule has 8 rings (SSSR count). The molecular formula is C53H86O24. The highest BCUT2D eigenvalue weighted by Gasteiger charge is 2.64. The Hall–Kier alpha value is -1.93.